The molecule has 2 heteroatoms. The molecule has 0 heterocycles. The lowest BCUT2D eigenvalue weighted by Gasteiger charge is -2.29. The number of aliphatic hydroxyl groups is 1. The number of hydrogen-bond acceptors (Lipinski definition) is 1. The van der Waals surface area contributed by atoms with Gasteiger partial charge in [0.2, 0.25) is 0 Å². The molecule has 6 rings (SSSR count). The highest BCUT2D eigenvalue weighted by Crippen LogP contribution is 2.52. The van der Waals surface area contributed by atoms with Gasteiger partial charge in [0.25, 0.3) is 0 Å². The van der Waals surface area contributed by atoms with Crippen molar-refractivity contribution in [3.63, 3.8) is 0 Å². The molecule has 0 bridgehead atoms. The van der Waals surface area contributed by atoms with Gasteiger partial charge in [0.15, 0.2) is 0 Å². The van der Waals surface area contributed by atoms with Crippen molar-refractivity contribution in [1.82, 2.24) is 0 Å². The van der Waals surface area contributed by atoms with E-state index in [9.17, 15) is 5.11 Å². The smallest absolute Gasteiger partial charge is 0.142 e. The molecule has 5 aromatic rings. The maximum Gasteiger partial charge on any atom is 0.142 e. The molecule has 0 aliphatic heterocycles. The Morgan fingerprint density at radius 3 is 1.87 bits per heavy atom. The first-order valence-electron chi connectivity index (χ1n) is 12.9. The third-order valence-corrected chi connectivity index (χ3v) is 6.17. The summed E-state index contributed by atoms with van der Waals surface area (Å²) in [5, 5.41) is 13.2. The van der Waals surface area contributed by atoms with Crippen molar-refractivity contribution in [2.45, 2.75) is 5.60 Å². The van der Waals surface area contributed by atoms with Crippen molar-refractivity contribution >= 4 is 22.4 Å². The molecule has 1 N–H and O–H groups in total. The molecule has 0 saturated heterocycles. The second-order valence-corrected chi connectivity index (χ2v) is 7.99. The van der Waals surface area contributed by atoms with Gasteiger partial charge in [0.05, 0.1) is 8.22 Å². The van der Waals surface area contributed by atoms with Crippen LogP contribution in [0.3, 0.4) is 0 Å². The van der Waals surface area contributed by atoms with E-state index in [0.717, 1.165) is 11.1 Å². The van der Waals surface area contributed by atoms with Crippen LogP contribution in [0.25, 0.3) is 33.0 Å². The quantitative estimate of drug-likeness (QED) is 0.312. The van der Waals surface area contributed by atoms with Gasteiger partial charge < -0.3 is 5.11 Å². The van der Waals surface area contributed by atoms with Crippen LogP contribution < -0.4 is 0 Å². The van der Waals surface area contributed by atoms with E-state index in [-0.39, 0.29) is 46.1 Å². The molecule has 0 radical (unpaired) electrons. The molecule has 0 saturated carbocycles. The van der Waals surface area contributed by atoms with Crippen molar-refractivity contribution in [3.8, 4) is 22.3 Å². The Bertz CT molecular complexity index is 1710. The second kappa shape index (κ2) is 6.81. The molecule has 0 atom stereocenters. The Hall–Kier alpha value is -3.39. The van der Waals surface area contributed by atoms with E-state index in [4.69, 9.17) is 19.8 Å². The zero-order valence-corrected chi connectivity index (χ0v) is 17.0. The van der Waals surface area contributed by atoms with Crippen molar-refractivity contribution in [1.29, 1.82) is 0 Å². The highest BCUT2D eigenvalue weighted by molar-refractivity contribution is 6.30. The van der Waals surface area contributed by atoms with Crippen LogP contribution >= 0.6 is 11.6 Å². The lowest BCUT2D eigenvalue weighted by atomic mass is 9.80. The monoisotopic (exact) mass is 424 g/mol. The van der Waals surface area contributed by atoms with E-state index < -0.39 is 17.7 Å². The molecule has 5 aromatic carbocycles. The Kier molecular flexibility index (Phi) is 2.88. The molecule has 1 nitrogen and oxygen atoms in total. The number of rotatable bonds is 2. The maximum absolute atomic E-state index is 12.7. The minimum atomic E-state index is -1.89. The molecule has 1 aliphatic carbocycles. The lowest BCUT2D eigenvalue weighted by molar-refractivity contribution is 0.132. The van der Waals surface area contributed by atoms with E-state index in [1.165, 1.54) is 0 Å². The van der Waals surface area contributed by atoms with E-state index in [1.54, 1.807) is 48.5 Å². The van der Waals surface area contributed by atoms with Crippen LogP contribution in [0.5, 0.6) is 0 Å². The van der Waals surface area contributed by atoms with Gasteiger partial charge in [-0.15, -0.1) is 0 Å². The van der Waals surface area contributed by atoms with Crippen LogP contribution in [0.15, 0.2) is 109 Å². The summed E-state index contributed by atoms with van der Waals surface area (Å²) in [4.78, 5) is 0. The van der Waals surface area contributed by atoms with Gasteiger partial charge in [-0.1, -0.05) is 109 Å². The van der Waals surface area contributed by atoms with Gasteiger partial charge in [-0.25, -0.2) is 0 Å². The van der Waals surface area contributed by atoms with Crippen LogP contribution in [0.1, 0.15) is 24.9 Å². The fourth-order valence-corrected chi connectivity index (χ4v) is 4.68. The molecule has 0 fully saturated rings. The standard InChI is InChI=1S/C29H19ClO/c30-21-17-15-19(16-18-21)22-11-5-7-20-8-6-14-27(28(20)22)29(31)25-12-3-1-9-23(25)24-10-2-4-13-26(24)29/h1-18,31H/i5D,6D,7D,8D,11D,14D. The average molecular weight is 425 g/mol. The minimum Gasteiger partial charge on any atom is -0.376 e. The normalized spacial score (nSPS) is 16.5. The molecule has 148 valence electrons. The molecule has 31 heavy (non-hydrogen) atoms. The Labute approximate surface area is 194 Å². The zero-order chi connectivity index (χ0) is 26.2. The summed E-state index contributed by atoms with van der Waals surface area (Å²) in [7, 11) is 0. The van der Waals surface area contributed by atoms with E-state index in [1.807, 2.05) is 24.3 Å². The van der Waals surface area contributed by atoms with Crippen molar-refractivity contribution in [2.75, 3.05) is 0 Å². The summed E-state index contributed by atoms with van der Waals surface area (Å²) in [6.45, 7) is 0. The minimum absolute atomic E-state index is 0.0212. The van der Waals surface area contributed by atoms with Gasteiger partial charge in [-0.3, -0.25) is 0 Å². The topological polar surface area (TPSA) is 20.2 Å². The number of benzene rings is 5. The van der Waals surface area contributed by atoms with Crippen molar-refractivity contribution in [3.05, 3.63) is 131 Å². The largest absolute Gasteiger partial charge is 0.376 e. The van der Waals surface area contributed by atoms with Gasteiger partial charge in [-0.05, 0) is 45.2 Å². The Balaban J connectivity index is 1.90. The fraction of sp³-hybridized carbons (Fsp3) is 0.0345. The second-order valence-electron chi connectivity index (χ2n) is 7.56. The summed E-state index contributed by atoms with van der Waals surface area (Å²) in [5.41, 5.74) is 1.40. The summed E-state index contributed by atoms with van der Waals surface area (Å²) in [6.07, 6.45) is 0. The highest BCUT2D eigenvalue weighted by atomic mass is 35.5. The summed E-state index contributed by atoms with van der Waals surface area (Å²) < 4.78 is 52.3. The predicted octanol–water partition coefficient (Wildman–Crippen LogP) is 7.42. The first-order chi connectivity index (χ1) is 17.7. The molecule has 0 aromatic heterocycles. The lowest BCUT2D eigenvalue weighted by Crippen LogP contribution is -2.26. The van der Waals surface area contributed by atoms with E-state index in [2.05, 4.69) is 0 Å². The van der Waals surface area contributed by atoms with Crippen LogP contribution in [0.4, 0.5) is 0 Å². The fourth-order valence-electron chi connectivity index (χ4n) is 4.55. The first kappa shape index (κ1) is 13.1. The SMILES string of the molecule is [2H]c1c([2H])c(-c2ccc(Cl)cc2)c2c(C3(O)c4ccccc4-c4ccccc43)c([2H])c([2H])c([2H])c2c1[2H]. The van der Waals surface area contributed by atoms with Crippen LogP contribution in [-0.4, -0.2) is 5.11 Å². The molecule has 1 aliphatic rings. The Morgan fingerprint density at radius 2 is 1.23 bits per heavy atom. The number of halogens is 1. The highest BCUT2D eigenvalue weighted by Gasteiger charge is 2.43. The number of hydrogen-bond donors (Lipinski definition) is 1. The number of fused-ring (bicyclic) bond motifs is 4. The van der Waals surface area contributed by atoms with Crippen LogP contribution in [0, 0.1) is 0 Å². The molecule has 0 amide bonds. The van der Waals surface area contributed by atoms with Crippen molar-refractivity contribution < 1.29 is 13.3 Å². The summed E-state index contributed by atoms with van der Waals surface area (Å²) in [6, 6.07) is 19.0. The summed E-state index contributed by atoms with van der Waals surface area (Å²) >= 11 is 6.12. The van der Waals surface area contributed by atoms with Crippen LogP contribution in [-0.2, 0) is 5.60 Å². The van der Waals surface area contributed by atoms with Gasteiger partial charge >= 0.3 is 0 Å². The van der Waals surface area contributed by atoms with E-state index >= 15 is 0 Å². The third-order valence-electron chi connectivity index (χ3n) is 5.92. The summed E-state index contributed by atoms with van der Waals surface area (Å²) in [5.74, 6) is 0. The predicted molar refractivity (Wildman–Crippen MR) is 128 cm³/mol. The average Bonchev–Trinajstić information content (AvgIpc) is 3.16. The van der Waals surface area contributed by atoms with Gasteiger partial charge in [-0.2, -0.15) is 0 Å². The first-order valence-corrected chi connectivity index (χ1v) is 10.3. The third kappa shape index (κ3) is 2.61. The van der Waals surface area contributed by atoms with E-state index in [0.29, 0.717) is 21.7 Å². The van der Waals surface area contributed by atoms with Gasteiger partial charge in [0.1, 0.15) is 5.60 Å². The Morgan fingerprint density at radius 1 is 0.645 bits per heavy atom. The van der Waals surface area contributed by atoms with Crippen molar-refractivity contribution in [2.24, 2.45) is 0 Å². The molecule has 0 unspecified atom stereocenters. The zero-order valence-electron chi connectivity index (χ0n) is 22.3. The molecule has 0 spiro atoms. The van der Waals surface area contributed by atoms with Crippen LogP contribution in [0.2, 0.25) is 5.02 Å². The van der Waals surface area contributed by atoms with Gasteiger partial charge in [0, 0.05) is 21.7 Å². The molecular weight excluding hydrogens is 400 g/mol. The molecular formula is C29H19ClO. The maximum atomic E-state index is 12.7.